The number of carbonyl (C=O) groups is 1. The van der Waals surface area contributed by atoms with Crippen LogP contribution >= 0.6 is 0 Å². The molecule has 2 N–H and O–H groups in total. The van der Waals surface area contributed by atoms with Crippen LogP contribution in [0.15, 0.2) is 29.4 Å². The van der Waals surface area contributed by atoms with Crippen LogP contribution in [0.25, 0.3) is 0 Å². The number of sulfonamides is 1. The Bertz CT molecular complexity index is 616. The number of pyridine rings is 1. The smallest absolute Gasteiger partial charge is 0.314 e. The molecule has 2 rings (SSSR count). The van der Waals surface area contributed by atoms with Gasteiger partial charge in [0.05, 0.1) is 6.61 Å². The molecular weight excluding hydrogens is 332 g/mol. The molecule has 1 aromatic rings. The van der Waals surface area contributed by atoms with Crippen LogP contribution in [0.5, 0.6) is 0 Å². The lowest BCUT2D eigenvalue weighted by atomic mass is 9.98. The summed E-state index contributed by atoms with van der Waals surface area (Å²) < 4.78 is 31.3. The zero-order valence-electron chi connectivity index (χ0n) is 13.8. The fourth-order valence-corrected chi connectivity index (χ4v) is 4.00. The molecule has 8 nitrogen and oxygen atoms in total. The fourth-order valence-electron chi connectivity index (χ4n) is 2.57. The van der Waals surface area contributed by atoms with Gasteiger partial charge in [-0.05, 0) is 30.9 Å². The molecule has 1 aliphatic heterocycles. The van der Waals surface area contributed by atoms with E-state index in [1.54, 1.807) is 25.4 Å². The number of rotatable bonds is 7. The third-order valence-corrected chi connectivity index (χ3v) is 5.87. The molecule has 0 radical (unpaired) electrons. The van der Waals surface area contributed by atoms with Gasteiger partial charge in [-0.2, -0.15) is 4.31 Å². The molecule has 0 saturated carbocycles. The Morgan fingerprint density at radius 1 is 1.38 bits per heavy atom. The largest absolute Gasteiger partial charge is 0.383 e. The molecule has 0 unspecified atom stereocenters. The van der Waals surface area contributed by atoms with E-state index in [0.29, 0.717) is 32.8 Å². The minimum atomic E-state index is -3.47. The molecular formula is C15H24N4O4S. The van der Waals surface area contributed by atoms with Gasteiger partial charge in [-0.1, -0.05) is 0 Å². The number of aromatic nitrogens is 1. The van der Waals surface area contributed by atoms with Crippen LogP contribution in [-0.4, -0.2) is 63.6 Å². The summed E-state index contributed by atoms with van der Waals surface area (Å²) in [6.07, 6.45) is 4.36. The van der Waals surface area contributed by atoms with Crippen molar-refractivity contribution in [2.75, 3.05) is 39.9 Å². The molecule has 1 fully saturated rings. The van der Waals surface area contributed by atoms with E-state index in [1.165, 1.54) is 10.5 Å². The summed E-state index contributed by atoms with van der Waals surface area (Å²) in [6, 6.07) is 2.95. The van der Waals surface area contributed by atoms with Crippen molar-refractivity contribution in [1.82, 2.24) is 19.9 Å². The first-order valence-electron chi connectivity index (χ1n) is 7.95. The zero-order valence-corrected chi connectivity index (χ0v) is 14.6. The minimum Gasteiger partial charge on any atom is -0.383 e. The maximum atomic E-state index is 12.5. The van der Waals surface area contributed by atoms with Gasteiger partial charge >= 0.3 is 6.03 Å². The van der Waals surface area contributed by atoms with Gasteiger partial charge in [-0.15, -0.1) is 0 Å². The molecule has 1 aliphatic rings. The first kappa shape index (κ1) is 18.6. The maximum absolute atomic E-state index is 12.5. The normalized spacial score (nSPS) is 16.7. The van der Waals surface area contributed by atoms with Crippen LogP contribution in [0.4, 0.5) is 4.79 Å². The first-order chi connectivity index (χ1) is 11.5. The molecule has 2 amide bonds. The Morgan fingerprint density at radius 2 is 2.12 bits per heavy atom. The van der Waals surface area contributed by atoms with Gasteiger partial charge in [0.15, 0.2) is 0 Å². The van der Waals surface area contributed by atoms with Crippen LogP contribution in [0.1, 0.15) is 12.8 Å². The second kappa shape index (κ2) is 8.95. The van der Waals surface area contributed by atoms with Crippen molar-refractivity contribution in [1.29, 1.82) is 0 Å². The van der Waals surface area contributed by atoms with Crippen LogP contribution in [0.3, 0.4) is 0 Å². The second-order valence-electron chi connectivity index (χ2n) is 5.67. The summed E-state index contributed by atoms with van der Waals surface area (Å²) in [7, 11) is -1.90. The number of ether oxygens (including phenoxy) is 1. The number of amides is 2. The molecule has 134 valence electrons. The fraction of sp³-hybridized carbons (Fsp3) is 0.600. The van der Waals surface area contributed by atoms with Crippen LogP contribution in [0.2, 0.25) is 0 Å². The van der Waals surface area contributed by atoms with Gasteiger partial charge in [0.2, 0.25) is 10.0 Å². The van der Waals surface area contributed by atoms with Gasteiger partial charge in [0.25, 0.3) is 0 Å². The topological polar surface area (TPSA) is 101 Å². The quantitative estimate of drug-likeness (QED) is 0.690. The number of nitrogens with zero attached hydrogens (tertiary/aromatic N) is 2. The van der Waals surface area contributed by atoms with Crippen molar-refractivity contribution in [3.63, 3.8) is 0 Å². The van der Waals surface area contributed by atoms with Crippen LogP contribution in [-0.2, 0) is 14.8 Å². The number of piperidine rings is 1. The van der Waals surface area contributed by atoms with Crippen LogP contribution in [0, 0.1) is 5.92 Å². The highest BCUT2D eigenvalue weighted by atomic mass is 32.2. The third-order valence-electron chi connectivity index (χ3n) is 3.99. The summed E-state index contributed by atoms with van der Waals surface area (Å²) >= 11 is 0. The highest BCUT2D eigenvalue weighted by molar-refractivity contribution is 7.89. The number of hydrogen-bond donors (Lipinski definition) is 2. The lowest BCUT2D eigenvalue weighted by molar-refractivity contribution is 0.194. The lowest BCUT2D eigenvalue weighted by Gasteiger charge is -2.31. The van der Waals surface area contributed by atoms with E-state index < -0.39 is 10.0 Å². The Morgan fingerprint density at radius 3 is 2.75 bits per heavy atom. The highest BCUT2D eigenvalue weighted by Crippen LogP contribution is 2.22. The predicted octanol–water partition coefficient (Wildman–Crippen LogP) is 0.428. The minimum absolute atomic E-state index is 0.221. The summed E-state index contributed by atoms with van der Waals surface area (Å²) in [5, 5.41) is 5.50. The second-order valence-corrected chi connectivity index (χ2v) is 7.60. The van der Waals surface area contributed by atoms with Gasteiger partial charge < -0.3 is 15.4 Å². The molecule has 2 heterocycles. The van der Waals surface area contributed by atoms with Gasteiger partial charge in [0, 0.05) is 45.7 Å². The van der Waals surface area contributed by atoms with E-state index in [1.807, 2.05) is 0 Å². The maximum Gasteiger partial charge on any atom is 0.314 e. The van der Waals surface area contributed by atoms with E-state index in [0.717, 1.165) is 12.8 Å². The molecule has 24 heavy (non-hydrogen) atoms. The van der Waals surface area contributed by atoms with Gasteiger partial charge in [0.1, 0.15) is 4.90 Å². The summed E-state index contributed by atoms with van der Waals surface area (Å²) in [5.74, 6) is 0.276. The summed E-state index contributed by atoms with van der Waals surface area (Å²) in [5.41, 5.74) is 0. The van der Waals surface area contributed by atoms with Gasteiger partial charge in [-0.25, -0.2) is 13.2 Å². The number of carbonyl (C=O) groups excluding carboxylic acids is 1. The Kier molecular flexibility index (Phi) is 6.95. The van der Waals surface area contributed by atoms with E-state index in [4.69, 9.17) is 4.74 Å². The number of nitrogens with one attached hydrogen (secondary N) is 2. The van der Waals surface area contributed by atoms with Crippen molar-refractivity contribution in [2.24, 2.45) is 5.92 Å². The lowest BCUT2D eigenvalue weighted by Crippen LogP contribution is -2.44. The number of hydrogen-bond acceptors (Lipinski definition) is 5. The molecule has 0 aromatic carbocycles. The summed E-state index contributed by atoms with van der Waals surface area (Å²) in [4.78, 5) is 15.7. The summed E-state index contributed by atoms with van der Waals surface area (Å²) in [6.45, 7) is 2.38. The average molecular weight is 356 g/mol. The Labute approximate surface area is 142 Å². The molecule has 0 atom stereocenters. The highest BCUT2D eigenvalue weighted by Gasteiger charge is 2.29. The van der Waals surface area contributed by atoms with E-state index in [-0.39, 0.29) is 16.8 Å². The number of methoxy groups -OCH3 is 1. The van der Waals surface area contributed by atoms with E-state index in [9.17, 15) is 13.2 Å². The van der Waals surface area contributed by atoms with Gasteiger partial charge in [-0.3, -0.25) is 4.98 Å². The van der Waals surface area contributed by atoms with Crippen LogP contribution < -0.4 is 10.6 Å². The van der Waals surface area contributed by atoms with Crippen molar-refractivity contribution in [2.45, 2.75) is 17.7 Å². The average Bonchev–Trinajstić information content (AvgIpc) is 2.61. The van der Waals surface area contributed by atoms with Crippen molar-refractivity contribution in [3.8, 4) is 0 Å². The molecule has 9 heteroatoms. The monoisotopic (exact) mass is 356 g/mol. The molecule has 1 saturated heterocycles. The first-order valence-corrected chi connectivity index (χ1v) is 9.39. The molecule has 1 aromatic heterocycles. The SMILES string of the molecule is COCCNC(=O)NCC1CCN(S(=O)(=O)c2cccnc2)CC1. The molecule has 0 bridgehead atoms. The Hall–Kier alpha value is -1.71. The number of urea groups is 1. The van der Waals surface area contributed by atoms with Crippen molar-refractivity contribution >= 4 is 16.1 Å². The molecule has 0 aliphatic carbocycles. The predicted molar refractivity (Wildman–Crippen MR) is 89.0 cm³/mol. The standard InChI is InChI=1S/C15H24N4O4S/c1-23-10-7-17-15(20)18-11-13-4-8-19(9-5-13)24(21,22)14-3-2-6-16-12-14/h2-3,6,12-13H,4-5,7-11H2,1H3,(H2,17,18,20). The molecule has 0 spiro atoms. The van der Waals surface area contributed by atoms with E-state index >= 15 is 0 Å². The van der Waals surface area contributed by atoms with Crippen molar-refractivity contribution in [3.05, 3.63) is 24.5 Å². The third kappa shape index (κ3) is 5.15. The zero-order chi connectivity index (χ0) is 17.4. The Balaban J connectivity index is 1.76. The van der Waals surface area contributed by atoms with Crippen molar-refractivity contribution < 1.29 is 17.9 Å². The van der Waals surface area contributed by atoms with E-state index in [2.05, 4.69) is 15.6 Å².